The molecule has 0 spiro atoms. The summed E-state index contributed by atoms with van der Waals surface area (Å²) < 4.78 is 0. The highest BCUT2D eigenvalue weighted by molar-refractivity contribution is 7.99. The number of thioether (sulfide) groups is 1. The molecular weight excluding hydrogens is 234 g/mol. The first-order valence-corrected chi connectivity index (χ1v) is 7.63. The van der Waals surface area contributed by atoms with Gasteiger partial charge in [-0.3, -0.25) is 4.79 Å². The van der Waals surface area contributed by atoms with Crippen molar-refractivity contribution < 1.29 is 9.90 Å². The molecule has 0 aliphatic carbocycles. The standard InChI is InChI=1S/C13H27NO2S/c1-5-9-14-13(6-2,12(15)16)8-7-10-17-11(3)4/h11,14H,5-10H2,1-4H3,(H,15,16). The molecule has 0 saturated heterocycles. The minimum atomic E-state index is -0.715. The lowest BCUT2D eigenvalue weighted by Crippen LogP contribution is -2.52. The van der Waals surface area contributed by atoms with Crippen LogP contribution < -0.4 is 5.32 Å². The molecule has 0 aromatic heterocycles. The maximum absolute atomic E-state index is 11.4. The summed E-state index contributed by atoms with van der Waals surface area (Å²) in [5.74, 6) is 0.337. The summed E-state index contributed by atoms with van der Waals surface area (Å²) in [4.78, 5) is 11.4. The summed E-state index contributed by atoms with van der Waals surface area (Å²) in [5.41, 5.74) is -0.715. The SMILES string of the molecule is CCCNC(CC)(CCCSC(C)C)C(=O)O. The van der Waals surface area contributed by atoms with Crippen molar-refractivity contribution in [1.82, 2.24) is 5.32 Å². The molecule has 0 heterocycles. The third-order valence-corrected chi connectivity index (χ3v) is 4.12. The maximum Gasteiger partial charge on any atom is 0.323 e. The zero-order valence-corrected chi connectivity index (χ0v) is 12.4. The molecule has 1 atom stereocenters. The summed E-state index contributed by atoms with van der Waals surface area (Å²) in [6.45, 7) is 9.13. The highest BCUT2D eigenvalue weighted by Crippen LogP contribution is 2.21. The largest absolute Gasteiger partial charge is 0.480 e. The van der Waals surface area contributed by atoms with E-state index in [0.717, 1.165) is 31.6 Å². The Kier molecular flexibility index (Phi) is 8.70. The van der Waals surface area contributed by atoms with Gasteiger partial charge in [-0.1, -0.05) is 27.7 Å². The third kappa shape index (κ3) is 6.32. The van der Waals surface area contributed by atoms with Crippen LogP contribution in [0, 0.1) is 0 Å². The van der Waals surface area contributed by atoms with E-state index >= 15 is 0 Å². The smallest absolute Gasteiger partial charge is 0.323 e. The topological polar surface area (TPSA) is 49.3 Å². The van der Waals surface area contributed by atoms with E-state index < -0.39 is 11.5 Å². The monoisotopic (exact) mass is 261 g/mol. The Morgan fingerprint density at radius 3 is 2.47 bits per heavy atom. The Morgan fingerprint density at radius 2 is 2.06 bits per heavy atom. The first-order chi connectivity index (χ1) is 7.98. The van der Waals surface area contributed by atoms with Gasteiger partial charge in [0.1, 0.15) is 5.54 Å². The van der Waals surface area contributed by atoms with Crippen LogP contribution in [0.2, 0.25) is 0 Å². The average molecular weight is 261 g/mol. The number of aliphatic carboxylic acids is 1. The quantitative estimate of drug-likeness (QED) is 0.593. The van der Waals surface area contributed by atoms with Crippen LogP contribution >= 0.6 is 11.8 Å². The normalized spacial score (nSPS) is 14.9. The molecule has 4 heteroatoms. The molecule has 102 valence electrons. The second-order valence-corrected chi connectivity index (χ2v) is 6.38. The maximum atomic E-state index is 11.4. The lowest BCUT2D eigenvalue weighted by atomic mass is 9.90. The van der Waals surface area contributed by atoms with Gasteiger partial charge in [0, 0.05) is 0 Å². The fraction of sp³-hybridized carbons (Fsp3) is 0.923. The number of carboxylic acid groups (broad SMARTS) is 1. The van der Waals surface area contributed by atoms with E-state index in [4.69, 9.17) is 0 Å². The summed E-state index contributed by atoms with van der Waals surface area (Å²) in [6, 6.07) is 0. The molecule has 0 saturated carbocycles. The lowest BCUT2D eigenvalue weighted by molar-refractivity contribution is -0.145. The highest BCUT2D eigenvalue weighted by atomic mass is 32.2. The molecule has 0 aromatic carbocycles. The van der Waals surface area contributed by atoms with Crippen LogP contribution in [0.3, 0.4) is 0 Å². The molecule has 0 aromatic rings. The van der Waals surface area contributed by atoms with Crippen molar-refractivity contribution in [3.05, 3.63) is 0 Å². The van der Waals surface area contributed by atoms with Crippen LogP contribution in [0.15, 0.2) is 0 Å². The summed E-state index contributed by atoms with van der Waals surface area (Å²) in [5, 5.41) is 13.2. The Hall–Kier alpha value is -0.220. The van der Waals surface area contributed by atoms with Crippen molar-refractivity contribution in [3.8, 4) is 0 Å². The van der Waals surface area contributed by atoms with Gasteiger partial charge in [0.05, 0.1) is 0 Å². The molecule has 0 rings (SSSR count). The molecule has 0 aliphatic heterocycles. The Balaban J connectivity index is 4.22. The molecule has 17 heavy (non-hydrogen) atoms. The molecule has 0 radical (unpaired) electrons. The fourth-order valence-corrected chi connectivity index (χ4v) is 2.56. The van der Waals surface area contributed by atoms with Crippen LogP contribution in [0.25, 0.3) is 0 Å². The third-order valence-electron chi connectivity index (χ3n) is 2.93. The van der Waals surface area contributed by atoms with Crippen molar-refractivity contribution in [2.75, 3.05) is 12.3 Å². The summed E-state index contributed by atoms with van der Waals surface area (Å²) in [6.07, 6.45) is 3.29. The number of nitrogens with one attached hydrogen (secondary N) is 1. The first-order valence-electron chi connectivity index (χ1n) is 6.58. The molecule has 0 amide bonds. The van der Waals surface area contributed by atoms with Crippen LogP contribution in [-0.4, -0.2) is 34.2 Å². The molecule has 2 N–H and O–H groups in total. The van der Waals surface area contributed by atoms with E-state index in [1.807, 2.05) is 18.7 Å². The Morgan fingerprint density at radius 1 is 1.41 bits per heavy atom. The summed E-state index contributed by atoms with van der Waals surface area (Å²) >= 11 is 1.90. The first kappa shape index (κ1) is 16.8. The minimum Gasteiger partial charge on any atom is -0.480 e. The van der Waals surface area contributed by atoms with E-state index in [1.54, 1.807) is 0 Å². The summed E-state index contributed by atoms with van der Waals surface area (Å²) in [7, 11) is 0. The molecular formula is C13H27NO2S. The number of hydrogen-bond acceptors (Lipinski definition) is 3. The second-order valence-electron chi connectivity index (χ2n) is 4.69. The van der Waals surface area contributed by atoms with Crippen LogP contribution in [0.5, 0.6) is 0 Å². The Labute approximate surface area is 110 Å². The lowest BCUT2D eigenvalue weighted by Gasteiger charge is -2.29. The fourth-order valence-electron chi connectivity index (χ4n) is 1.78. The van der Waals surface area contributed by atoms with Gasteiger partial charge in [0.2, 0.25) is 0 Å². The van der Waals surface area contributed by atoms with Crippen molar-refractivity contribution in [2.45, 2.75) is 64.2 Å². The van der Waals surface area contributed by atoms with Gasteiger partial charge in [-0.05, 0) is 43.2 Å². The number of hydrogen-bond donors (Lipinski definition) is 2. The van der Waals surface area contributed by atoms with Crippen LogP contribution in [0.4, 0.5) is 0 Å². The van der Waals surface area contributed by atoms with Crippen molar-refractivity contribution in [2.24, 2.45) is 0 Å². The van der Waals surface area contributed by atoms with Gasteiger partial charge < -0.3 is 10.4 Å². The van der Waals surface area contributed by atoms with E-state index in [0.29, 0.717) is 11.7 Å². The predicted octanol–water partition coefficient (Wildman–Crippen LogP) is 3.14. The van der Waals surface area contributed by atoms with Crippen molar-refractivity contribution in [1.29, 1.82) is 0 Å². The number of rotatable bonds is 10. The van der Waals surface area contributed by atoms with Crippen LogP contribution in [-0.2, 0) is 4.79 Å². The van der Waals surface area contributed by atoms with Gasteiger partial charge >= 0.3 is 5.97 Å². The van der Waals surface area contributed by atoms with Crippen LogP contribution in [0.1, 0.15) is 53.4 Å². The molecule has 0 aliphatic rings. The Bertz CT molecular complexity index is 221. The number of carbonyl (C=O) groups is 1. The van der Waals surface area contributed by atoms with Gasteiger partial charge in [-0.25, -0.2) is 0 Å². The zero-order chi connectivity index (χ0) is 13.3. The predicted molar refractivity (Wildman–Crippen MR) is 75.8 cm³/mol. The number of carboxylic acids is 1. The van der Waals surface area contributed by atoms with E-state index in [2.05, 4.69) is 26.1 Å². The second kappa shape index (κ2) is 8.81. The van der Waals surface area contributed by atoms with Crippen molar-refractivity contribution >= 4 is 17.7 Å². The zero-order valence-electron chi connectivity index (χ0n) is 11.6. The van der Waals surface area contributed by atoms with E-state index in [1.165, 1.54) is 0 Å². The van der Waals surface area contributed by atoms with E-state index in [-0.39, 0.29) is 0 Å². The molecule has 0 bridgehead atoms. The van der Waals surface area contributed by atoms with E-state index in [9.17, 15) is 9.90 Å². The van der Waals surface area contributed by atoms with Gasteiger partial charge in [-0.2, -0.15) is 11.8 Å². The average Bonchev–Trinajstić information content (AvgIpc) is 2.28. The van der Waals surface area contributed by atoms with Gasteiger partial charge in [0.25, 0.3) is 0 Å². The van der Waals surface area contributed by atoms with Gasteiger partial charge in [-0.15, -0.1) is 0 Å². The molecule has 0 fully saturated rings. The highest BCUT2D eigenvalue weighted by Gasteiger charge is 2.35. The molecule has 3 nitrogen and oxygen atoms in total. The van der Waals surface area contributed by atoms with Crippen molar-refractivity contribution in [3.63, 3.8) is 0 Å². The molecule has 1 unspecified atom stereocenters. The minimum absolute atomic E-state index is 0.624. The van der Waals surface area contributed by atoms with Gasteiger partial charge in [0.15, 0.2) is 0 Å².